The highest BCUT2D eigenvalue weighted by atomic mass is 32.3. The number of aliphatic imine (C=N–C) groups is 1. The van der Waals surface area contributed by atoms with Crippen LogP contribution in [-0.2, 0) is 32.9 Å². The highest BCUT2D eigenvalue weighted by Gasteiger charge is 2.41. The number of fused-ring (bicyclic) bond motifs is 6. The minimum atomic E-state index is -4.47. The first-order valence-electron chi connectivity index (χ1n) is 12.2. The molecular formula is C29H22N2O4S3. The van der Waals surface area contributed by atoms with Gasteiger partial charge in [0.2, 0.25) is 0 Å². The van der Waals surface area contributed by atoms with E-state index in [1.54, 1.807) is 24.3 Å². The average molecular weight is 559 g/mol. The van der Waals surface area contributed by atoms with E-state index in [0.717, 1.165) is 56.3 Å². The fourth-order valence-corrected chi connectivity index (χ4v) is 10.6. The summed E-state index contributed by atoms with van der Waals surface area (Å²) in [6, 6.07) is 25.7. The third-order valence-corrected chi connectivity index (χ3v) is 12.6. The quantitative estimate of drug-likeness (QED) is 0.293. The normalized spacial score (nSPS) is 15.4. The molecule has 2 aliphatic carbocycles. The Morgan fingerprint density at radius 1 is 0.605 bits per heavy atom. The lowest BCUT2D eigenvalue weighted by Gasteiger charge is -2.24. The van der Waals surface area contributed by atoms with Crippen LogP contribution in [0.2, 0.25) is 0 Å². The summed E-state index contributed by atoms with van der Waals surface area (Å²) in [5, 5.41) is -0.0161. The molecule has 0 atom stereocenters. The minimum Gasteiger partial charge on any atom is -0.260 e. The van der Waals surface area contributed by atoms with Gasteiger partial charge in [-0.2, -0.15) is 16.8 Å². The summed E-state index contributed by atoms with van der Waals surface area (Å²) < 4.78 is 56.9. The molecule has 0 aromatic heterocycles. The SMILES string of the molecule is O=S(=O)(c1ccc2c(c1)Cc1ccccc1-2)N(C1=NCCS1)S(=O)(=O)c1ccc2c(c1)Cc1ccccc1-2. The molecule has 38 heavy (non-hydrogen) atoms. The molecule has 3 aliphatic rings. The molecule has 4 aromatic carbocycles. The molecular weight excluding hydrogens is 537 g/mol. The monoisotopic (exact) mass is 558 g/mol. The summed E-state index contributed by atoms with van der Waals surface area (Å²) in [5.74, 6) is 0.524. The summed E-state index contributed by atoms with van der Waals surface area (Å²) in [4.78, 5) is 4.16. The maximum absolute atomic E-state index is 14.1. The molecule has 1 heterocycles. The van der Waals surface area contributed by atoms with Crippen LogP contribution in [0.4, 0.5) is 0 Å². The summed E-state index contributed by atoms with van der Waals surface area (Å²) in [7, 11) is -8.95. The number of rotatable bonds is 4. The molecule has 7 rings (SSSR count). The summed E-state index contributed by atoms with van der Waals surface area (Å²) in [5.41, 5.74) is 8.06. The van der Waals surface area contributed by atoms with Crippen molar-refractivity contribution in [1.29, 1.82) is 0 Å². The van der Waals surface area contributed by atoms with E-state index in [1.807, 2.05) is 48.5 Å². The zero-order valence-corrected chi connectivity index (χ0v) is 22.6. The number of hydrogen-bond donors (Lipinski definition) is 0. The van der Waals surface area contributed by atoms with Gasteiger partial charge in [-0.3, -0.25) is 4.99 Å². The maximum Gasteiger partial charge on any atom is 0.279 e. The van der Waals surface area contributed by atoms with Crippen LogP contribution in [0.15, 0.2) is 99.7 Å². The fraction of sp³-hybridized carbons (Fsp3) is 0.138. The molecule has 0 saturated carbocycles. The predicted molar refractivity (Wildman–Crippen MR) is 150 cm³/mol. The molecule has 1 aliphatic heterocycles. The first-order valence-corrected chi connectivity index (χ1v) is 16.1. The molecule has 0 unspecified atom stereocenters. The number of nitrogens with zero attached hydrogens (tertiary/aromatic N) is 2. The second-order valence-electron chi connectivity index (χ2n) is 9.53. The van der Waals surface area contributed by atoms with Crippen LogP contribution in [0.1, 0.15) is 22.3 Å². The van der Waals surface area contributed by atoms with Crippen LogP contribution >= 0.6 is 11.8 Å². The lowest BCUT2D eigenvalue weighted by molar-refractivity contribution is 0.547. The van der Waals surface area contributed by atoms with Crippen molar-refractivity contribution in [3.05, 3.63) is 107 Å². The largest absolute Gasteiger partial charge is 0.279 e. The maximum atomic E-state index is 14.1. The third-order valence-electron chi connectivity index (χ3n) is 7.29. The Morgan fingerprint density at radius 2 is 1.08 bits per heavy atom. The van der Waals surface area contributed by atoms with Crippen LogP contribution in [0.5, 0.6) is 0 Å². The van der Waals surface area contributed by atoms with E-state index < -0.39 is 20.0 Å². The van der Waals surface area contributed by atoms with E-state index in [-0.39, 0.29) is 15.0 Å². The van der Waals surface area contributed by atoms with Crippen molar-refractivity contribution in [1.82, 2.24) is 3.71 Å². The standard InChI is InChI=1S/C29H22N2O4S3/c32-37(33,23-9-11-27-21(17-23)15-19-5-1-3-7-25(19)27)31(29-30-13-14-36-29)38(34,35)24-10-12-28-22(18-24)16-20-6-2-4-8-26(20)28/h1-12,17-18H,13-16H2. The molecule has 0 spiro atoms. The van der Waals surface area contributed by atoms with E-state index in [4.69, 9.17) is 0 Å². The lowest BCUT2D eigenvalue weighted by Crippen LogP contribution is -2.40. The van der Waals surface area contributed by atoms with Gasteiger partial charge in [-0.25, -0.2) is 0 Å². The fourth-order valence-electron chi connectivity index (χ4n) is 5.52. The highest BCUT2D eigenvalue weighted by molar-refractivity contribution is 8.17. The molecule has 0 bridgehead atoms. The van der Waals surface area contributed by atoms with Gasteiger partial charge in [0.1, 0.15) is 0 Å². The van der Waals surface area contributed by atoms with Gasteiger partial charge in [-0.15, -0.1) is 3.71 Å². The Morgan fingerprint density at radius 3 is 1.55 bits per heavy atom. The Balaban J connectivity index is 1.32. The molecule has 0 fully saturated rings. The summed E-state index contributed by atoms with van der Waals surface area (Å²) in [6.45, 7) is 0.362. The van der Waals surface area contributed by atoms with E-state index in [9.17, 15) is 16.8 Å². The Labute approximate surface area is 226 Å². The molecule has 0 N–H and O–H groups in total. The minimum absolute atomic E-state index is 0.0161. The van der Waals surface area contributed by atoms with Crippen molar-refractivity contribution in [3.63, 3.8) is 0 Å². The Hall–Kier alpha value is -3.40. The van der Waals surface area contributed by atoms with Gasteiger partial charge < -0.3 is 0 Å². The van der Waals surface area contributed by atoms with E-state index in [2.05, 4.69) is 4.99 Å². The van der Waals surface area contributed by atoms with Gasteiger partial charge in [-0.1, -0.05) is 72.4 Å². The van der Waals surface area contributed by atoms with Crippen LogP contribution in [0.3, 0.4) is 0 Å². The number of thioether (sulfide) groups is 1. The van der Waals surface area contributed by atoms with Crippen molar-refractivity contribution in [2.45, 2.75) is 22.6 Å². The first-order chi connectivity index (χ1) is 18.3. The van der Waals surface area contributed by atoms with E-state index in [1.165, 1.54) is 12.1 Å². The third kappa shape index (κ3) is 3.56. The summed E-state index contributed by atoms with van der Waals surface area (Å²) >= 11 is 1.14. The van der Waals surface area contributed by atoms with Gasteiger partial charge in [0.25, 0.3) is 20.0 Å². The molecule has 0 saturated heterocycles. The van der Waals surface area contributed by atoms with Crippen LogP contribution in [-0.4, -0.2) is 38.0 Å². The van der Waals surface area contributed by atoms with Gasteiger partial charge in [0.05, 0.1) is 16.3 Å². The molecule has 0 amide bonds. The second-order valence-corrected chi connectivity index (χ2v) is 14.4. The zero-order chi connectivity index (χ0) is 26.1. The van der Waals surface area contributed by atoms with Crippen molar-refractivity contribution in [2.75, 3.05) is 12.3 Å². The molecule has 190 valence electrons. The van der Waals surface area contributed by atoms with Gasteiger partial charge in [0.15, 0.2) is 5.17 Å². The van der Waals surface area contributed by atoms with Crippen LogP contribution in [0, 0.1) is 0 Å². The molecule has 0 radical (unpaired) electrons. The Kier molecular flexibility index (Phi) is 5.34. The lowest BCUT2D eigenvalue weighted by atomic mass is 10.1. The molecule has 9 heteroatoms. The topological polar surface area (TPSA) is 83.9 Å². The zero-order valence-electron chi connectivity index (χ0n) is 20.2. The van der Waals surface area contributed by atoms with Gasteiger partial charge in [0, 0.05) is 5.75 Å². The van der Waals surface area contributed by atoms with Crippen molar-refractivity contribution >= 4 is 37.0 Å². The first kappa shape index (κ1) is 23.7. The van der Waals surface area contributed by atoms with E-state index in [0.29, 0.717) is 28.8 Å². The van der Waals surface area contributed by atoms with Gasteiger partial charge in [-0.05, 0) is 81.6 Å². The predicted octanol–water partition coefficient (Wildman–Crippen LogP) is 5.31. The van der Waals surface area contributed by atoms with Gasteiger partial charge >= 0.3 is 0 Å². The average Bonchev–Trinajstić information content (AvgIpc) is 3.64. The number of amidine groups is 1. The van der Waals surface area contributed by atoms with E-state index >= 15 is 0 Å². The number of sulfonamides is 2. The van der Waals surface area contributed by atoms with Crippen LogP contribution in [0.25, 0.3) is 22.3 Å². The van der Waals surface area contributed by atoms with Crippen molar-refractivity contribution in [2.24, 2.45) is 4.99 Å². The second kappa shape index (κ2) is 8.56. The number of hydrogen-bond acceptors (Lipinski definition) is 6. The molecule has 6 nitrogen and oxygen atoms in total. The van der Waals surface area contributed by atoms with Crippen molar-refractivity contribution in [3.8, 4) is 22.3 Å². The number of benzene rings is 4. The van der Waals surface area contributed by atoms with Crippen LogP contribution < -0.4 is 0 Å². The Bertz CT molecular complexity index is 1770. The summed E-state index contributed by atoms with van der Waals surface area (Å²) in [6.07, 6.45) is 1.20. The molecule has 4 aromatic rings. The highest BCUT2D eigenvalue weighted by Crippen LogP contribution is 2.41. The smallest absolute Gasteiger partial charge is 0.260 e. The van der Waals surface area contributed by atoms with Crippen molar-refractivity contribution < 1.29 is 16.8 Å².